The molecule has 3 atom stereocenters. The van der Waals surface area contributed by atoms with Gasteiger partial charge in [-0.1, -0.05) is 19.1 Å². The van der Waals surface area contributed by atoms with Crippen molar-refractivity contribution in [3.05, 3.63) is 35.4 Å². The van der Waals surface area contributed by atoms with Crippen LogP contribution >= 0.6 is 0 Å². The Morgan fingerprint density at radius 3 is 2.12 bits per heavy atom. The summed E-state index contributed by atoms with van der Waals surface area (Å²) in [5, 5.41) is 0. The molecule has 4 heteroatoms. The maximum Gasteiger partial charge on any atom is 0.416 e. The van der Waals surface area contributed by atoms with Crippen LogP contribution in [0.25, 0.3) is 0 Å². The molecule has 1 fully saturated rings. The van der Waals surface area contributed by atoms with E-state index in [1.807, 2.05) is 0 Å². The van der Waals surface area contributed by atoms with Gasteiger partial charge in [-0.15, -0.1) is 0 Å². The summed E-state index contributed by atoms with van der Waals surface area (Å²) < 4.78 is 37.2. The SMILES string of the molecule is CC1C(N)CCC1c1ccc(C(F)(F)F)cc1. The second-order valence-corrected chi connectivity index (χ2v) is 4.83. The molecule has 17 heavy (non-hydrogen) atoms. The molecule has 1 aliphatic rings. The van der Waals surface area contributed by atoms with Crippen molar-refractivity contribution in [3.8, 4) is 0 Å². The summed E-state index contributed by atoms with van der Waals surface area (Å²) in [4.78, 5) is 0. The molecule has 0 saturated heterocycles. The lowest BCUT2D eigenvalue weighted by Crippen LogP contribution is -2.24. The summed E-state index contributed by atoms with van der Waals surface area (Å²) in [7, 11) is 0. The van der Waals surface area contributed by atoms with Crippen molar-refractivity contribution in [1.29, 1.82) is 0 Å². The van der Waals surface area contributed by atoms with E-state index in [-0.39, 0.29) is 6.04 Å². The molecular weight excluding hydrogens is 227 g/mol. The fourth-order valence-electron chi connectivity index (χ4n) is 2.59. The number of hydrogen-bond acceptors (Lipinski definition) is 1. The first-order valence-electron chi connectivity index (χ1n) is 5.82. The van der Waals surface area contributed by atoms with Gasteiger partial charge in [-0.25, -0.2) is 0 Å². The van der Waals surface area contributed by atoms with E-state index in [1.165, 1.54) is 0 Å². The molecule has 1 saturated carbocycles. The zero-order valence-electron chi connectivity index (χ0n) is 9.67. The Morgan fingerprint density at radius 1 is 1.12 bits per heavy atom. The highest BCUT2D eigenvalue weighted by molar-refractivity contribution is 5.28. The number of halogens is 3. The maximum absolute atomic E-state index is 12.4. The van der Waals surface area contributed by atoms with E-state index in [0.29, 0.717) is 11.8 Å². The molecule has 0 radical (unpaired) electrons. The maximum atomic E-state index is 12.4. The standard InChI is InChI=1S/C13H16F3N/c1-8-11(6-7-12(8)17)9-2-4-10(5-3-9)13(14,15)16/h2-5,8,11-12H,6-7,17H2,1H3. The summed E-state index contributed by atoms with van der Waals surface area (Å²) in [5.74, 6) is 0.638. The van der Waals surface area contributed by atoms with E-state index in [0.717, 1.165) is 30.5 Å². The lowest BCUT2D eigenvalue weighted by Gasteiger charge is -2.19. The molecule has 0 amide bonds. The zero-order chi connectivity index (χ0) is 12.6. The molecule has 1 aromatic carbocycles. The molecule has 3 unspecified atom stereocenters. The monoisotopic (exact) mass is 243 g/mol. The van der Waals surface area contributed by atoms with Crippen LogP contribution in [0.15, 0.2) is 24.3 Å². The third-order valence-electron chi connectivity index (χ3n) is 3.79. The quantitative estimate of drug-likeness (QED) is 0.802. The lowest BCUT2D eigenvalue weighted by atomic mass is 9.88. The summed E-state index contributed by atoms with van der Waals surface area (Å²) in [6.45, 7) is 2.07. The Balaban J connectivity index is 2.19. The van der Waals surface area contributed by atoms with Crippen LogP contribution < -0.4 is 5.73 Å². The van der Waals surface area contributed by atoms with Crippen LogP contribution in [0, 0.1) is 5.92 Å². The average molecular weight is 243 g/mol. The van der Waals surface area contributed by atoms with Crippen LogP contribution in [0.2, 0.25) is 0 Å². The molecule has 0 heterocycles. The summed E-state index contributed by atoms with van der Waals surface area (Å²) in [5.41, 5.74) is 6.31. The van der Waals surface area contributed by atoms with E-state index in [4.69, 9.17) is 5.73 Å². The Kier molecular flexibility index (Phi) is 3.17. The van der Waals surface area contributed by atoms with Gasteiger partial charge in [-0.05, 0) is 42.4 Å². The normalized spacial score (nSPS) is 29.6. The molecular formula is C13H16F3N. The van der Waals surface area contributed by atoms with Crippen molar-refractivity contribution in [3.63, 3.8) is 0 Å². The molecule has 2 rings (SSSR count). The minimum absolute atomic E-state index is 0.169. The lowest BCUT2D eigenvalue weighted by molar-refractivity contribution is -0.137. The summed E-state index contributed by atoms with van der Waals surface area (Å²) >= 11 is 0. The van der Waals surface area contributed by atoms with E-state index in [9.17, 15) is 13.2 Å². The number of hydrogen-bond donors (Lipinski definition) is 1. The van der Waals surface area contributed by atoms with Gasteiger partial charge in [0.05, 0.1) is 5.56 Å². The molecule has 0 aromatic heterocycles. The third-order valence-corrected chi connectivity index (χ3v) is 3.79. The fraction of sp³-hybridized carbons (Fsp3) is 0.538. The minimum Gasteiger partial charge on any atom is -0.327 e. The largest absolute Gasteiger partial charge is 0.416 e. The van der Waals surface area contributed by atoms with Gasteiger partial charge >= 0.3 is 6.18 Å². The van der Waals surface area contributed by atoms with E-state index < -0.39 is 11.7 Å². The van der Waals surface area contributed by atoms with Crippen LogP contribution in [0.3, 0.4) is 0 Å². The Labute approximate surface area is 98.8 Å². The zero-order valence-corrected chi connectivity index (χ0v) is 9.67. The predicted molar refractivity (Wildman–Crippen MR) is 60.6 cm³/mol. The van der Waals surface area contributed by atoms with Gasteiger partial charge < -0.3 is 5.73 Å². The van der Waals surface area contributed by atoms with Gasteiger partial charge in [0.15, 0.2) is 0 Å². The predicted octanol–water partition coefficient (Wildman–Crippen LogP) is 3.55. The van der Waals surface area contributed by atoms with E-state index in [2.05, 4.69) is 6.92 Å². The molecule has 0 bridgehead atoms. The highest BCUT2D eigenvalue weighted by Gasteiger charge is 2.33. The minimum atomic E-state index is -4.25. The van der Waals surface area contributed by atoms with Crippen molar-refractivity contribution in [1.82, 2.24) is 0 Å². The van der Waals surface area contributed by atoms with E-state index in [1.54, 1.807) is 12.1 Å². The summed E-state index contributed by atoms with van der Waals surface area (Å²) in [6, 6.07) is 5.66. The Bertz CT molecular complexity index is 383. The van der Waals surface area contributed by atoms with Crippen molar-refractivity contribution >= 4 is 0 Å². The van der Waals surface area contributed by atoms with Gasteiger partial charge in [-0.2, -0.15) is 13.2 Å². The van der Waals surface area contributed by atoms with Gasteiger partial charge in [0.2, 0.25) is 0 Å². The van der Waals surface area contributed by atoms with Crippen LogP contribution in [0.5, 0.6) is 0 Å². The van der Waals surface area contributed by atoms with Crippen LogP contribution in [-0.2, 0) is 6.18 Å². The number of benzene rings is 1. The smallest absolute Gasteiger partial charge is 0.327 e. The average Bonchev–Trinajstić information content (AvgIpc) is 2.59. The van der Waals surface area contributed by atoms with E-state index >= 15 is 0 Å². The van der Waals surface area contributed by atoms with Gasteiger partial charge in [0, 0.05) is 6.04 Å². The fourth-order valence-corrected chi connectivity index (χ4v) is 2.59. The molecule has 0 aliphatic heterocycles. The summed E-state index contributed by atoms with van der Waals surface area (Å²) in [6.07, 6.45) is -2.34. The molecule has 1 nitrogen and oxygen atoms in total. The second-order valence-electron chi connectivity index (χ2n) is 4.83. The Hall–Kier alpha value is -1.03. The Morgan fingerprint density at radius 2 is 1.71 bits per heavy atom. The number of nitrogens with two attached hydrogens (primary N) is 1. The van der Waals surface area contributed by atoms with Crippen molar-refractivity contribution in [2.75, 3.05) is 0 Å². The topological polar surface area (TPSA) is 26.0 Å². The van der Waals surface area contributed by atoms with Gasteiger partial charge in [0.1, 0.15) is 0 Å². The molecule has 94 valence electrons. The van der Waals surface area contributed by atoms with Crippen LogP contribution in [0.1, 0.15) is 36.8 Å². The van der Waals surface area contributed by atoms with Crippen molar-refractivity contribution in [2.45, 2.75) is 37.9 Å². The van der Waals surface area contributed by atoms with Gasteiger partial charge in [-0.3, -0.25) is 0 Å². The first-order valence-corrected chi connectivity index (χ1v) is 5.82. The highest BCUT2D eigenvalue weighted by atomic mass is 19.4. The van der Waals surface area contributed by atoms with Crippen LogP contribution in [-0.4, -0.2) is 6.04 Å². The van der Waals surface area contributed by atoms with Crippen molar-refractivity contribution in [2.24, 2.45) is 11.7 Å². The van der Waals surface area contributed by atoms with Gasteiger partial charge in [0.25, 0.3) is 0 Å². The molecule has 1 aliphatic carbocycles. The number of rotatable bonds is 1. The first kappa shape index (κ1) is 12.4. The highest BCUT2D eigenvalue weighted by Crippen LogP contribution is 2.39. The van der Waals surface area contributed by atoms with Crippen molar-refractivity contribution < 1.29 is 13.2 Å². The molecule has 2 N–H and O–H groups in total. The second kappa shape index (κ2) is 4.33. The molecule has 0 spiro atoms. The molecule has 1 aromatic rings. The number of alkyl halides is 3. The third kappa shape index (κ3) is 2.46. The first-order chi connectivity index (χ1) is 7.89. The van der Waals surface area contributed by atoms with Crippen LogP contribution in [0.4, 0.5) is 13.2 Å².